The first kappa shape index (κ1) is 23.1. The lowest BCUT2D eigenvalue weighted by Crippen LogP contribution is -2.56. The first-order chi connectivity index (χ1) is 14.6. The third-order valence-electron chi connectivity index (χ3n) is 5.70. The number of piperazine rings is 1. The number of rotatable bonds is 6. The van der Waals surface area contributed by atoms with Crippen molar-refractivity contribution in [2.45, 2.75) is 33.2 Å². The SMILES string of the molecule is CCC(C(=O)N1CCN(c2ccccc2F)CC1)N(c1cc(C)ccc1C)S(C)(=O)=O. The first-order valence-electron chi connectivity index (χ1n) is 10.5. The molecule has 0 aliphatic carbocycles. The summed E-state index contributed by atoms with van der Waals surface area (Å²) in [5, 5.41) is 0. The van der Waals surface area contributed by atoms with Crippen LogP contribution >= 0.6 is 0 Å². The molecule has 0 spiro atoms. The number of nitrogens with zero attached hydrogens (tertiary/aromatic N) is 3. The smallest absolute Gasteiger partial charge is 0.246 e. The van der Waals surface area contributed by atoms with Gasteiger partial charge < -0.3 is 9.80 Å². The van der Waals surface area contributed by atoms with Crippen molar-refractivity contribution >= 4 is 27.3 Å². The monoisotopic (exact) mass is 447 g/mol. The number of hydrogen-bond donors (Lipinski definition) is 0. The molecule has 31 heavy (non-hydrogen) atoms. The Bertz CT molecular complexity index is 1050. The second kappa shape index (κ2) is 9.26. The summed E-state index contributed by atoms with van der Waals surface area (Å²) in [6.07, 6.45) is 1.49. The number of hydrogen-bond acceptors (Lipinski definition) is 4. The van der Waals surface area contributed by atoms with E-state index in [1.807, 2.05) is 43.9 Å². The highest BCUT2D eigenvalue weighted by atomic mass is 32.2. The van der Waals surface area contributed by atoms with Crippen LogP contribution in [0.5, 0.6) is 0 Å². The normalized spacial score (nSPS) is 15.6. The van der Waals surface area contributed by atoms with Crippen molar-refractivity contribution in [1.82, 2.24) is 4.90 Å². The van der Waals surface area contributed by atoms with Gasteiger partial charge in [-0.25, -0.2) is 12.8 Å². The number of benzene rings is 2. The van der Waals surface area contributed by atoms with Gasteiger partial charge in [0.2, 0.25) is 15.9 Å². The Balaban J connectivity index is 1.83. The fourth-order valence-corrected chi connectivity index (χ4v) is 5.32. The highest BCUT2D eigenvalue weighted by molar-refractivity contribution is 7.92. The molecule has 8 heteroatoms. The minimum Gasteiger partial charge on any atom is -0.366 e. The van der Waals surface area contributed by atoms with Gasteiger partial charge in [-0.15, -0.1) is 0 Å². The molecule has 0 N–H and O–H groups in total. The highest BCUT2D eigenvalue weighted by Crippen LogP contribution is 2.29. The Morgan fingerprint density at radius 3 is 2.32 bits per heavy atom. The lowest BCUT2D eigenvalue weighted by atomic mass is 10.1. The average molecular weight is 448 g/mol. The average Bonchev–Trinajstić information content (AvgIpc) is 2.73. The van der Waals surface area contributed by atoms with Crippen molar-refractivity contribution in [3.8, 4) is 0 Å². The van der Waals surface area contributed by atoms with Crippen molar-refractivity contribution in [1.29, 1.82) is 0 Å². The second-order valence-corrected chi connectivity index (χ2v) is 9.90. The van der Waals surface area contributed by atoms with Gasteiger partial charge in [0.25, 0.3) is 0 Å². The van der Waals surface area contributed by atoms with Gasteiger partial charge in [0.05, 0.1) is 17.6 Å². The molecular weight excluding hydrogens is 417 g/mol. The molecule has 1 heterocycles. The van der Waals surface area contributed by atoms with Crippen molar-refractivity contribution in [2.75, 3.05) is 41.6 Å². The zero-order valence-electron chi connectivity index (χ0n) is 18.5. The molecule has 0 aromatic heterocycles. The van der Waals surface area contributed by atoms with Gasteiger partial charge in [0.1, 0.15) is 11.9 Å². The van der Waals surface area contributed by atoms with E-state index in [4.69, 9.17) is 0 Å². The summed E-state index contributed by atoms with van der Waals surface area (Å²) in [6, 6.07) is 11.4. The van der Waals surface area contributed by atoms with Crippen LogP contribution in [0.25, 0.3) is 0 Å². The number of carbonyl (C=O) groups excluding carboxylic acids is 1. The summed E-state index contributed by atoms with van der Waals surface area (Å²) >= 11 is 0. The Labute approximate surface area is 184 Å². The predicted molar refractivity (Wildman–Crippen MR) is 123 cm³/mol. The Kier molecular flexibility index (Phi) is 6.89. The summed E-state index contributed by atoms with van der Waals surface area (Å²) in [6.45, 7) is 7.37. The molecule has 6 nitrogen and oxygen atoms in total. The van der Waals surface area contributed by atoms with Crippen LogP contribution in [0.1, 0.15) is 24.5 Å². The number of amides is 1. The number of anilines is 2. The molecule has 1 amide bonds. The van der Waals surface area contributed by atoms with Gasteiger partial charge in [-0.05, 0) is 49.6 Å². The summed E-state index contributed by atoms with van der Waals surface area (Å²) in [7, 11) is -3.69. The van der Waals surface area contributed by atoms with Gasteiger partial charge in [-0.3, -0.25) is 9.10 Å². The van der Waals surface area contributed by atoms with Gasteiger partial charge in [-0.2, -0.15) is 0 Å². The zero-order valence-corrected chi connectivity index (χ0v) is 19.3. The fourth-order valence-electron chi connectivity index (χ4n) is 4.06. The quantitative estimate of drug-likeness (QED) is 0.682. The number of aryl methyl sites for hydroxylation is 2. The molecular formula is C23H30FN3O3S. The van der Waals surface area contributed by atoms with Gasteiger partial charge in [0.15, 0.2) is 0 Å². The topological polar surface area (TPSA) is 60.9 Å². The van der Waals surface area contributed by atoms with Crippen LogP contribution in [-0.2, 0) is 14.8 Å². The van der Waals surface area contributed by atoms with E-state index in [0.717, 1.165) is 17.4 Å². The standard InChI is InChI=1S/C23H30FN3O3S/c1-5-20(27(31(4,29)30)22-16-17(2)10-11-18(22)3)23(28)26-14-12-25(13-15-26)21-9-7-6-8-19(21)24/h6-11,16,20H,5,12-15H2,1-4H3. The van der Waals surface area contributed by atoms with Crippen LogP contribution in [0.15, 0.2) is 42.5 Å². The van der Waals surface area contributed by atoms with Gasteiger partial charge >= 0.3 is 0 Å². The van der Waals surface area contributed by atoms with Crippen LogP contribution in [0.4, 0.5) is 15.8 Å². The van der Waals surface area contributed by atoms with Gasteiger partial charge in [-0.1, -0.05) is 31.2 Å². The van der Waals surface area contributed by atoms with E-state index in [-0.39, 0.29) is 11.7 Å². The van der Waals surface area contributed by atoms with Gasteiger partial charge in [0, 0.05) is 26.2 Å². The van der Waals surface area contributed by atoms with Crippen LogP contribution < -0.4 is 9.21 Å². The molecule has 168 valence electrons. The molecule has 1 aliphatic rings. The summed E-state index contributed by atoms with van der Waals surface area (Å²) in [4.78, 5) is 17.0. The van der Waals surface area contributed by atoms with Crippen LogP contribution in [0.3, 0.4) is 0 Å². The van der Waals surface area contributed by atoms with E-state index in [1.54, 1.807) is 23.1 Å². The summed E-state index contributed by atoms with van der Waals surface area (Å²) in [5.41, 5.74) is 2.78. The summed E-state index contributed by atoms with van der Waals surface area (Å²) < 4.78 is 40.9. The molecule has 1 saturated heterocycles. The second-order valence-electron chi connectivity index (χ2n) is 8.04. The molecule has 1 atom stereocenters. The molecule has 3 rings (SSSR count). The molecule has 0 saturated carbocycles. The van der Waals surface area contributed by atoms with E-state index in [0.29, 0.717) is 44.0 Å². The molecule has 2 aromatic carbocycles. The van der Waals surface area contributed by atoms with Crippen molar-refractivity contribution < 1.29 is 17.6 Å². The summed E-state index contributed by atoms with van der Waals surface area (Å²) in [5.74, 6) is -0.506. The number of sulfonamides is 1. The molecule has 1 aliphatic heterocycles. The minimum absolute atomic E-state index is 0.220. The van der Waals surface area contributed by atoms with Crippen LogP contribution in [0.2, 0.25) is 0 Å². The van der Waals surface area contributed by atoms with Crippen molar-refractivity contribution in [2.24, 2.45) is 0 Å². The predicted octanol–water partition coefficient (Wildman–Crippen LogP) is 3.34. The number of para-hydroxylation sites is 1. The zero-order chi connectivity index (χ0) is 22.8. The lowest BCUT2D eigenvalue weighted by Gasteiger charge is -2.40. The fraction of sp³-hybridized carbons (Fsp3) is 0.435. The number of halogens is 1. The van der Waals surface area contributed by atoms with E-state index < -0.39 is 16.1 Å². The highest BCUT2D eigenvalue weighted by Gasteiger charge is 2.36. The molecule has 1 unspecified atom stereocenters. The minimum atomic E-state index is -3.69. The number of carbonyl (C=O) groups is 1. The maximum Gasteiger partial charge on any atom is 0.246 e. The Morgan fingerprint density at radius 2 is 1.74 bits per heavy atom. The van der Waals surface area contributed by atoms with E-state index in [1.165, 1.54) is 10.4 Å². The Hall–Kier alpha value is -2.61. The molecule has 2 aromatic rings. The van der Waals surface area contributed by atoms with E-state index >= 15 is 0 Å². The maximum absolute atomic E-state index is 14.1. The third kappa shape index (κ3) is 5.01. The van der Waals surface area contributed by atoms with E-state index in [9.17, 15) is 17.6 Å². The third-order valence-corrected chi connectivity index (χ3v) is 6.86. The van der Waals surface area contributed by atoms with Crippen LogP contribution in [0, 0.1) is 19.7 Å². The van der Waals surface area contributed by atoms with E-state index in [2.05, 4.69) is 0 Å². The van der Waals surface area contributed by atoms with Crippen molar-refractivity contribution in [3.05, 3.63) is 59.4 Å². The first-order valence-corrected chi connectivity index (χ1v) is 12.3. The largest absolute Gasteiger partial charge is 0.366 e. The molecule has 0 radical (unpaired) electrons. The molecule has 1 fully saturated rings. The van der Waals surface area contributed by atoms with Crippen LogP contribution in [-0.4, -0.2) is 57.7 Å². The Morgan fingerprint density at radius 1 is 1.10 bits per heavy atom. The van der Waals surface area contributed by atoms with Crippen molar-refractivity contribution in [3.63, 3.8) is 0 Å². The molecule has 0 bridgehead atoms. The maximum atomic E-state index is 14.1. The lowest BCUT2D eigenvalue weighted by molar-refractivity contribution is -0.132.